The molecule has 0 saturated carbocycles. The summed E-state index contributed by atoms with van der Waals surface area (Å²) in [4.78, 5) is 23.9. The number of rotatable bonds is 6. The summed E-state index contributed by atoms with van der Waals surface area (Å²) in [5.41, 5.74) is 0.815. The molecule has 7 nitrogen and oxygen atoms in total. The van der Waals surface area contributed by atoms with Crippen LogP contribution in [0, 0.1) is 20.8 Å². The molecular formula is C25H19F3O7. The summed E-state index contributed by atoms with van der Waals surface area (Å²) in [5.74, 6) is -3.66. The van der Waals surface area contributed by atoms with Crippen molar-refractivity contribution in [2.24, 2.45) is 0 Å². The van der Waals surface area contributed by atoms with Crippen LogP contribution < -0.4 is 14.9 Å². The number of carboxylic acid groups (broad SMARTS) is 1. The van der Waals surface area contributed by atoms with Crippen LogP contribution in [0.15, 0.2) is 56.1 Å². The Kier molecular flexibility index (Phi) is 6.06. The van der Waals surface area contributed by atoms with Crippen molar-refractivity contribution >= 4 is 16.9 Å². The molecule has 0 bridgehead atoms. The molecule has 4 aromatic rings. The Labute approximate surface area is 196 Å². The molecule has 10 heteroatoms. The Balaban J connectivity index is 1.73. The number of aromatic carboxylic acids is 1. The molecule has 1 N–H and O–H groups in total. The topological polar surface area (TPSA) is 99.1 Å². The summed E-state index contributed by atoms with van der Waals surface area (Å²) >= 11 is 0. The van der Waals surface area contributed by atoms with E-state index >= 15 is 0 Å². The van der Waals surface area contributed by atoms with Gasteiger partial charge in [-0.25, -0.2) is 4.79 Å². The molecule has 0 amide bonds. The molecule has 2 aromatic heterocycles. The van der Waals surface area contributed by atoms with Crippen molar-refractivity contribution in [1.82, 2.24) is 0 Å². The Hall–Kier alpha value is -4.21. The van der Waals surface area contributed by atoms with Crippen LogP contribution in [0.5, 0.6) is 17.2 Å². The maximum Gasteiger partial charge on any atom is 0.453 e. The van der Waals surface area contributed by atoms with Crippen LogP contribution in [-0.2, 0) is 12.8 Å². The van der Waals surface area contributed by atoms with E-state index in [9.17, 15) is 22.8 Å². The molecule has 4 rings (SSSR count). The number of hydrogen-bond acceptors (Lipinski definition) is 6. The van der Waals surface area contributed by atoms with Gasteiger partial charge in [-0.3, -0.25) is 4.79 Å². The lowest BCUT2D eigenvalue weighted by molar-refractivity contribution is -0.154. The second-order valence-electron chi connectivity index (χ2n) is 7.91. The number of halogens is 3. The number of fused-ring (bicyclic) bond motifs is 1. The average molecular weight is 488 g/mol. The van der Waals surface area contributed by atoms with E-state index in [2.05, 4.69) is 0 Å². The highest BCUT2D eigenvalue weighted by atomic mass is 19.4. The van der Waals surface area contributed by atoms with Crippen molar-refractivity contribution in [3.05, 3.63) is 86.7 Å². The van der Waals surface area contributed by atoms with Crippen LogP contribution in [0.2, 0.25) is 0 Å². The fraction of sp³-hybridized carbons (Fsp3) is 0.200. The monoisotopic (exact) mass is 488 g/mol. The maximum absolute atomic E-state index is 13.9. The molecule has 0 aliphatic heterocycles. The van der Waals surface area contributed by atoms with E-state index in [-0.39, 0.29) is 40.6 Å². The summed E-state index contributed by atoms with van der Waals surface area (Å²) in [5, 5.41) is 8.77. The van der Waals surface area contributed by atoms with E-state index in [4.69, 9.17) is 23.4 Å². The van der Waals surface area contributed by atoms with Gasteiger partial charge in [-0.2, -0.15) is 13.2 Å². The van der Waals surface area contributed by atoms with Gasteiger partial charge in [-0.05, 0) is 67.8 Å². The molecule has 0 aliphatic rings. The predicted octanol–water partition coefficient (Wildman–Crippen LogP) is 6.40. The molecule has 0 saturated heterocycles. The summed E-state index contributed by atoms with van der Waals surface area (Å²) in [6, 6.07) is 9.82. The number of aryl methyl sites for hydroxylation is 2. The molecule has 2 aromatic carbocycles. The molecule has 35 heavy (non-hydrogen) atoms. The summed E-state index contributed by atoms with van der Waals surface area (Å²) in [6.07, 6.45) is -5.01. The third-order valence-electron chi connectivity index (χ3n) is 5.31. The highest BCUT2D eigenvalue weighted by molar-refractivity contribution is 5.84. The number of ether oxygens (including phenoxy) is 2. The predicted molar refractivity (Wildman–Crippen MR) is 118 cm³/mol. The first-order valence-corrected chi connectivity index (χ1v) is 10.3. The van der Waals surface area contributed by atoms with Crippen molar-refractivity contribution < 1.29 is 41.4 Å². The van der Waals surface area contributed by atoms with Crippen LogP contribution in [0.1, 0.15) is 38.8 Å². The largest absolute Gasteiger partial charge is 0.486 e. The van der Waals surface area contributed by atoms with Crippen molar-refractivity contribution in [1.29, 1.82) is 0 Å². The standard InChI is InChI=1S/C25H19F3O7/c1-12-8-13(2)14(3)19(9-12)34-22-21(29)17-6-4-15(10-20(17)35-23(22)25(26,27)28)32-11-16-5-7-18(33-16)24(30)31/h4-10H,11H2,1-3H3,(H,30,31). The van der Waals surface area contributed by atoms with Crippen LogP contribution in [-0.4, -0.2) is 11.1 Å². The van der Waals surface area contributed by atoms with Gasteiger partial charge in [0.25, 0.3) is 5.76 Å². The van der Waals surface area contributed by atoms with Gasteiger partial charge in [0.05, 0.1) is 5.39 Å². The van der Waals surface area contributed by atoms with Gasteiger partial charge < -0.3 is 23.4 Å². The fourth-order valence-corrected chi connectivity index (χ4v) is 3.47. The number of carbonyl (C=O) groups is 1. The lowest BCUT2D eigenvalue weighted by Crippen LogP contribution is -2.16. The minimum Gasteiger partial charge on any atom is -0.486 e. The maximum atomic E-state index is 13.9. The zero-order chi connectivity index (χ0) is 25.5. The van der Waals surface area contributed by atoms with E-state index in [1.807, 2.05) is 6.07 Å². The molecule has 0 aliphatic carbocycles. The third-order valence-corrected chi connectivity index (χ3v) is 5.31. The van der Waals surface area contributed by atoms with Crippen molar-refractivity contribution in [3.63, 3.8) is 0 Å². The van der Waals surface area contributed by atoms with Gasteiger partial charge in [-0.15, -0.1) is 0 Å². The second kappa shape index (κ2) is 8.86. The first kappa shape index (κ1) is 23.9. The molecule has 182 valence electrons. The van der Waals surface area contributed by atoms with Crippen LogP contribution in [0.3, 0.4) is 0 Å². The summed E-state index contributed by atoms with van der Waals surface area (Å²) in [7, 11) is 0. The molecule has 0 spiro atoms. The van der Waals surface area contributed by atoms with Gasteiger partial charge in [0.15, 0.2) is 0 Å². The number of furan rings is 1. The van der Waals surface area contributed by atoms with E-state index in [0.717, 1.165) is 17.2 Å². The minimum absolute atomic E-state index is 0.0841. The van der Waals surface area contributed by atoms with Gasteiger partial charge in [0, 0.05) is 6.07 Å². The first-order chi connectivity index (χ1) is 16.4. The second-order valence-corrected chi connectivity index (χ2v) is 7.91. The van der Waals surface area contributed by atoms with Crippen molar-refractivity contribution in [2.45, 2.75) is 33.6 Å². The van der Waals surface area contributed by atoms with E-state index in [0.29, 0.717) is 5.56 Å². The van der Waals surface area contributed by atoms with Crippen LogP contribution in [0.4, 0.5) is 13.2 Å². The SMILES string of the molecule is Cc1cc(C)c(C)c(Oc2c(C(F)(F)F)oc3cc(OCc4ccc(C(=O)O)o4)ccc3c2=O)c1. The Bertz CT molecular complexity index is 1500. The third kappa shape index (κ3) is 4.86. The molecule has 0 fully saturated rings. The Morgan fingerprint density at radius 3 is 2.43 bits per heavy atom. The highest BCUT2D eigenvalue weighted by Crippen LogP contribution is 2.39. The van der Waals surface area contributed by atoms with Gasteiger partial charge in [0.1, 0.15) is 29.4 Å². The Morgan fingerprint density at radius 2 is 1.77 bits per heavy atom. The van der Waals surface area contributed by atoms with E-state index in [1.165, 1.54) is 24.3 Å². The number of alkyl halides is 3. The quantitative estimate of drug-likeness (QED) is 0.335. The van der Waals surface area contributed by atoms with E-state index in [1.54, 1.807) is 26.8 Å². The molecular weight excluding hydrogens is 469 g/mol. The van der Waals surface area contributed by atoms with Gasteiger partial charge in [0.2, 0.25) is 16.9 Å². The summed E-state index contributed by atoms with van der Waals surface area (Å²) in [6.45, 7) is 5.04. The smallest absolute Gasteiger partial charge is 0.453 e. The normalized spacial score (nSPS) is 11.6. The summed E-state index contributed by atoms with van der Waals surface area (Å²) < 4.78 is 62.7. The number of benzene rings is 2. The lowest BCUT2D eigenvalue weighted by atomic mass is 10.1. The highest BCUT2D eigenvalue weighted by Gasteiger charge is 2.40. The van der Waals surface area contributed by atoms with Gasteiger partial charge in [-0.1, -0.05) is 6.07 Å². The molecule has 2 heterocycles. The van der Waals surface area contributed by atoms with Crippen molar-refractivity contribution in [3.8, 4) is 17.2 Å². The lowest BCUT2D eigenvalue weighted by Gasteiger charge is -2.16. The zero-order valence-corrected chi connectivity index (χ0v) is 18.8. The van der Waals surface area contributed by atoms with Gasteiger partial charge >= 0.3 is 12.1 Å². The number of hydrogen-bond donors (Lipinski definition) is 1. The number of carboxylic acids is 1. The molecule has 0 unspecified atom stereocenters. The molecule has 0 atom stereocenters. The Morgan fingerprint density at radius 1 is 1.03 bits per heavy atom. The van der Waals surface area contributed by atoms with Crippen LogP contribution in [0.25, 0.3) is 11.0 Å². The molecule has 0 radical (unpaired) electrons. The zero-order valence-electron chi connectivity index (χ0n) is 18.8. The first-order valence-electron chi connectivity index (χ1n) is 10.3. The average Bonchev–Trinajstić information content (AvgIpc) is 3.26. The van der Waals surface area contributed by atoms with E-state index < -0.39 is 29.1 Å². The van der Waals surface area contributed by atoms with Crippen molar-refractivity contribution in [2.75, 3.05) is 0 Å². The van der Waals surface area contributed by atoms with Crippen LogP contribution >= 0.6 is 0 Å². The fourth-order valence-electron chi connectivity index (χ4n) is 3.47. The minimum atomic E-state index is -5.01.